The van der Waals surface area contributed by atoms with Crippen LogP contribution in [0.2, 0.25) is 0 Å². The van der Waals surface area contributed by atoms with Crippen molar-refractivity contribution < 1.29 is 27.4 Å². The minimum Gasteiger partial charge on any atom is -0.466 e. The number of carbonyl (C=O) groups is 1. The second-order valence-corrected chi connectivity index (χ2v) is 4.41. The number of H-pyrrole nitrogens is 1. The number of aromatic amines is 1. The van der Waals surface area contributed by atoms with Crippen molar-refractivity contribution in [1.29, 1.82) is 0 Å². The summed E-state index contributed by atoms with van der Waals surface area (Å²) in [4.78, 5) is 24.9. The van der Waals surface area contributed by atoms with Crippen LogP contribution in [-0.4, -0.2) is 23.9 Å². The molecule has 0 aromatic carbocycles. The van der Waals surface area contributed by atoms with Crippen LogP contribution in [0.5, 0.6) is 5.75 Å². The van der Waals surface area contributed by atoms with E-state index in [1.165, 1.54) is 22.6 Å². The molecule has 1 aromatic rings. The van der Waals surface area contributed by atoms with E-state index in [4.69, 9.17) is 0 Å². The maximum atomic E-state index is 12.1. The van der Waals surface area contributed by atoms with Gasteiger partial charge in [0, 0.05) is 11.8 Å². The van der Waals surface area contributed by atoms with Gasteiger partial charge in [-0.1, -0.05) is 0 Å². The van der Waals surface area contributed by atoms with Gasteiger partial charge in [-0.25, -0.2) is 0 Å². The van der Waals surface area contributed by atoms with E-state index in [2.05, 4.69) is 14.5 Å². The summed E-state index contributed by atoms with van der Waals surface area (Å²) in [5.74, 6) is -1.30. The molecule has 19 heavy (non-hydrogen) atoms. The van der Waals surface area contributed by atoms with Gasteiger partial charge in [0.1, 0.15) is 9.32 Å². The molecule has 1 rings (SSSR count). The van der Waals surface area contributed by atoms with Gasteiger partial charge in [-0.15, -0.1) is 13.2 Å². The lowest BCUT2D eigenvalue weighted by Gasteiger charge is -2.11. The minimum absolute atomic E-state index is 0.0110. The van der Waals surface area contributed by atoms with Crippen LogP contribution >= 0.6 is 22.6 Å². The molecule has 0 saturated carbocycles. The first-order valence-electron chi connectivity index (χ1n) is 5.06. The fraction of sp³-hybridized carbons (Fsp3) is 0.400. The molecule has 0 bridgehead atoms. The lowest BCUT2D eigenvalue weighted by atomic mass is 10.2. The number of alkyl halides is 3. The number of carbonyl (C=O) groups excluding carboxylic acids is 1. The fourth-order valence-corrected chi connectivity index (χ4v) is 1.63. The zero-order chi connectivity index (χ0) is 14.6. The van der Waals surface area contributed by atoms with Gasteiger partial charge in [0.05, 0.1) is 13.0 Å². The van der Waals surface area contributed by atoms with Crippen LogP contribution in [0.25, 0.3) is 0 Å². The SMILES string of the molecule is CCOC(=O)Cc1cc(OC(F)(F)F)c(I)c(=O)[nH]1. The van der Waals surface area contributed by atoms with Gasteiger partial charge < -0.3 is 14.5 Å². The van der Waals surface area contributed by atoms with Gasteiger partial charge in [-0.3, -0.25) is 9.59 Å². The highest BCUT2D eigenvalue weighted by atomic mass is 127. The standard InChI is InChI=1S/C10H9F3INO4/c1-2-18-7(16)4-5-3-6(19-10(11,12)13)8(14)9(17)15-5/h3H,2,4H2,1H3,(H,15,17). The highest BCUT2D eigenvalue weighted by Crippen LogP contribution is 2.26. The molecular weight excluding hydrogens is 382 g/mol. The summed E-state index contributed by atoms with van der Waals surface area (Å²) in [6.45, 7) is 1.73. The largest absolute Gasteiger partial charge is 0.573 e. The number of esters is 1. The predicted octanol–water partition coefficient (Wildman–Crippen LogP) is 1.98. The van der Waals surface area contributed by atoms with Crippen LogP contribution in [0.4, 0.5) is 13.2 Å². The normalized spacial score (nSPS) is 11.2. The second-order valence-electron chi connectivity index (χ2n) is 3.33. The quantitative estimate of drug-likeness (QED) is 0.630. The van der Waals surface area contributed by atoms with Crippen molar-refractivity contribution in [2.45, 2.75) is 19.7 Å². The smallest absolute Gasteiger partial charge is 0.466 e. The number of hydrogen-bond acceptors (Lipinski definition) is 4. The van der Waals surface area contributed by atoms with Crippen LogP contribution in [0, 0.1) is 3.57 Å². The Morgan fingerprint density at radius 3 is 2.63 bits per heavy atom. The zero-order valence-electron chi connectivity index (χ0n) is 9.64. The highest BCUT2D eigenvalue weighted by Gasteiger charge is 2.32. The third kappa shape index (κ3) is 5.09. The van der Waals surface area contributed by atoms with Gasteiger partial charge in [0.2, 0.25) is 0 Å². The van der Waals surface area contributed by atoms with Gasteiger partial charge in [-0.2, -0.15) is 0 Å². The zero-order valence-corrected chi connectivity index (χ0v) is 11.8. The van der Waals surface area contributed by atoms with Crippen LogP contribution in [0.3, 0.4) is 0 Å². The van der Waals surface area contributed by atoms with E-state index in [0.29, 0.717) is 0 Å². The van der Waals surface area contributed by atoms with E-state index in [9.17, 15) is 22.8 Å². The molecule has 0 spiro atoms. The minimum atomic E-state index is -4.91. The molecule has 0 unspecified atom stereocenters. The average molecular weight is 391 g/mol. The van der Waals surface area contributed by atoms with Gasteiger partial charge in [0.25, 0.3) is 5.56 Å². The van der Waals surface area contributed by atoms with Crippen molar-refractivity contribution in [1.82, 2.24) is 4.98 Å². The molecule has 0 atom stereocenters. The number of rotatable bonds is 4. The van der Waals surface area contributed by atoms with Crippen LogP contribution in [0.15, 0.2) is 10.9 Å². The Balaban J connectivity index is 3.03. The van der Waals surface area contributed by atoms with E-state index in [-0.39, 0.29) is 22.3 Å². The average Bonchev–Trinajstić information content (AvgIpc) is 2.23. The number of pyridine rings is 1. The molecule has 0 aliphatic carbocycles. The predicted molar refractivity (Wildman–Crippen MR) is 66.8 cm³/mol. The highest BCUT2D eigenvalue weighted by molar-refractivity contribution is 14.1. The molecular formula is C10H9F3INO4. The fourth-order valence-electron chi connectivity index (χ4n) is 1.23. The Bertz CT molecular complexity index is 526. The lowest BCUT2D eigenvalue weighted by molar-refractivity contribution is -0.275. The Kier molecular flexibility index (Phi) is 5.20. The van der Waals surface area contributed by atoms with Crippen LogP contribution in [0.1, 0.15) is 12.6 Å². The Hall–Kier alpha value is -1.26. The van der Waals surface area contributed by atoms with Crippen molar-refractivity contribution in [3.63, 3.8) is 0 Å². The summed E-state index contributed by atoms with van der Waals surface area (Å²) in [5.41, 5.74) is -0.773. The van der Waals surface area contributed by atoms with E-state index >= 15 is 0 Å². The van der Waals surface area contributed by atoms with E-state index in [0.717, 1.165) is 6.07 Å². The van der Waals surface area contributed by atoms with Crippen molar-refractivity contribution in [3.8, 4) is 5.75 Å². The number of halogens is 4. The molecule has 1 aromatic heterocycles. The summed E-state index contributed by atoms with van der Waals surface area (Å²) >= 11 is 1.43. The van der Waals surface area contributed by atoms with E-state index in [1.807, 2.05) is 0 Å². The number of nitrogens with one attached hydrogen (secondary N) is 1. The first-order chi connectivity index (χ1) is 8.73. The summed E-state index contributed by atoms with van der Waals surface area (Å²) < 4.78 is 44.5. The van der Waals surface area contributed by atoms with Crippen molar-refractivity contribution in [2.75, 3.05) is 6.61 Å². The van der Waals surface area contributed by atoms with Crippen LogP contribution in [-0.2, 0) is 16.0 Å². The number of aromatic nitrogens is 1. The molecule has 0 saturated heterocycles. The van der Waals surface area contributed by atoms with Gasteiger partial charge in [0.15, 0.2) is 0 Å². The second kappa shape index (κ2) is 6.26. The first-order valence-corrected chi connectivity index (χ1v) is 6.14. The third-order valence-electron chi connectivity index (χ3n) is 1.86. The topological polar surface area (TPSA) is 68.4 Å². The molecule has 0 aliphatic heterocycles. The maximum Gasteiger partial charge on any atom is 0.573 e. The molecule has 0 fully saturated rings. The third-order valence-corrected chi connectivity index (χ3v) is 2.88. The molecule has 0 radical (unpaired) electrons. The number of ether oxygens (including phenoxy) is 2. The van der Waals surface area contributed by atoms with E-state index in [1.54, 1.807) is 6.92 Å². The molecule has 1 N–H and O–H groups in total. The Morgan fingerprint density at radius 2 is 2.11 bits per heavy atom. The molecule has 9 heteroatoms. The van der Waals surface area contributed by atoms with Crippen LogP contribution < -0.4 is 10.3 Å². The molecule has 5 nitrogen and oxygen atoms in total. The van der Waals surface area contributed by atoms with E-state index < -0.39 is 23.6 Å². The van der Waals surface area contributed by atoms with Crippen molar-refractivity contribution in [2.24, 2.45) is 0 Å². The summed E-state index contributed by atoms with van der Waals surface area (Å²) in [6.07, 6.45) is -5.25. The van der Waals surface area contributed by atoms with Crippen molar-refractivity contribution in [3.05, 3.63) is 25.7 Å². The Labute approximate surface area is 119 Å². The van der Waals surface area contributed by atoms with Gasteiger partial charge in [-0.05, 0) is 29.5 Å². The Morgan fingerprint density at radius 1 is 1.47 bits per heavy atom. The maximum absolute atomic E-state index is 12.1. The lowest BCUT2D eigenvalue weighted by Crippen LogP contribution is -2.22. The molecule has 1 heterocycles. The van der Waals surface area contributed by atoms with Crippen molar-refractivity contribution >= 4 is 28.6 Å². The summed E-state index contributed by atoms with van der Waals surface area (Å²) in [6, 6.07) is 0.952. The first kappa shape index (κ1) is 15.8. The summed E-state index contributed by atoms with van der Waals surface area (Å²) in [7, 11) is 0. The van der Waals surface area contributed by atoms with Gasteiger partial charge >= 0.3 is 12.3 Å². The summed E-state index contributed by atoms with van der Waals surface area (Å²) in [5, 5.41) is 0. The monoisotopic (exact) mass is 391 g/mol. The molecule has 0 amide bonds. The molecule has 106 valence electrons. The number of hydrogen-bond donors (Lipinski definition) is 1. The molecule has 0 aliphatic rings.